The molecule has 6 rings (SSSR count). The Labute approximate surface area is 205 Å². The number of nitrogens with one attached hydrogen (secondary N) is 2. The zero-order chi connectivity index (χ0) is 23.9. The molecule has 3 aromatic heterocycles. The molecule has 182 valence electrons. The number of carbonyl (C=O) groups excluding carboxylic acids is 1. The molecule has 11 heteroatoms. The molecule has 0 radical (unpaired) electrons. The summed E-state index contributed by atoms with van der Waals surface area (Å²) in [7, 11) is 1.64. The molecule has 1 atom stereocenters. The summed E-state index contributed by atoms with van der Waals surface area (Å²) < 4.78 is 10.9. The van der Waals surface area contributed by atoms with Gasteiger partial charge in [0.15, 0.2) is 0 Å². The third-order valence-corrected chi connectivity index (χ3v) is 8.06. The van der Waals surface area contributed by atoms with Crippen molar-refractivity contribution in [2.75, 3.05) is 38.8 Å². The van der Waals surface area contributed by atoms with Crippen LogP contribution in [0.5, 0.6) is 5.75 Å². The first-order chi connectivity index (χ1) is 17.2. The Kier molecular flexibility index (Phi) is 5.75. The predicted octanol–water partition coefficient (Wildman–Crippen LogP) is 2.64. The third kappa shape index (κ3) is 3.89. The van der Waals surface area contributed by atoms with Gasteiger partial charge in [-0.25, -0.2) is 9.97 Å². The number of carbonyl (C=O) groups is 1. The molecular weight excluding hydrogens is 468 g/mol. The first-order valence-electron chi connectivity index (χ1n) is 11.7. The van der Waals surface area contributed by atoms with Gasteiger partial charge in [0.1, 0.15) is 22.7 Å². The number of methoxy groups -OCH3 is 1. The molecule has 1 aliphatic carbocycles. The summed E-state index contributed by atoms with van der Waals surface area (Å²) in [5.74, 6) is 1.42. The third-order valence-electron chi connectivity index (χ3n) is 6.89. The predicted molar refractivity (Wildman–Crippen MR) is 132 cm³/mol. The van der Waals surface area contributed by atoms with Crippen molar-refractivity contribution in [3.63, 3.8) is 0 Å². The van der Waals surface area contributed by atoms with Crippen LogP contribution in [0.3, 0.4) is 0 Å². The Hall–Kier alpha value is -3.28. The van der Waals surface area contributed by atoms with Crippen LogP contribution in [0.25, 0.3) is 21.1 Å². The molecule has 4 aromatic rings. The normalized spacial score (nSPS) is 17.8. The average Bonchev–Trinajstić information content (AvgIpc) is 3.45. The van der Waals surface area contributed by atoms with Crippen LogP contribution in [0.2, 0.25) is 0 Å². The molecule has 10 nitrogen and oxygen atoms in total. The summed E-state index contributed by atoms with van der Waals surface area (Å²) in [4.78, 5) is 26.3. The highest BCUT2D eigenvalue weighted by molar-refractivity contribution is 7.19. The van der Waals surface area contributed by atoms with E-state index in [-0.39, 0.29) is 24.5 Å². The van der Waals surface area contributed by atoms with Gasteiger partial charge in [0.25, 0.3) is 0 Å². The Morgan fingerprint density at radius 3 is 3.03 bits per heavy atom. The summed E-state index contributed by atoms with van der Waals surface area (Å²) in [5, 5.41) is 22.0. The quantitative estimate of drug-likeness (QED) is 0.358. The van der Waals surface area contributed by atoms with E-state index in [1.165, 1.54) is 10.4 Å². The molecule has 1 unspecified atom stereocenters. The molecule has 0 saturated carbocycles. The van der Waals surface area contributed by atoms with Crippen molar-refractivity contribution in [3.8, 4) is 5.75 Å². The molecular formula is C24H26N6O4S. The minimum atomic E-state index is -0.101. The molecule has 1 saturated heterocycles. The number of rotatable bonds is 7. The number of aromatic amines is 1. The van der Waals surface area contributed by atoms with Gasteiger partial charge in [0.2, 0.25) is 5.91 Å². The van der Waals surface area contributed by atoms with E-state index in [1.54, 1.807) is 35.9 Å². The van der Waals surface area contributed by atoms with E-state index in [2.05, 4.69) is 25.5 Å². The van der Waals surface area contributed by atoms with E-state index < -0.39 is 0 Å². The van der Waals surface area contributed by atoms with Crippen molar-refractivity contribution in [3.05, 3.63) is 35.1 Å². The molecule has 4 heterocycles. The SMILES string of the molecule is COc1cc2[nH]ncc2cc1Nc1ncnc2sc3c(c12)CCC(C(=O)N(CCO)C1COC1)C3. The maximum Gasteiger partial charge on any atom is 0.226 e. The fraction of sp³-hybridized carbons (Fsp3) is 0.417. The molecule has 0 bridgehead atoms. The van der Waals surface area contributed by atoms with Crippen LogP contribution in [-0.4, -0.2) is 75.6 Å². The van der Waals surface area contributed by atoms with Crippen LogP contribution in [0, 0.1) is 5.92 Å². The minimum Gasteiger partial charge on any atom is -0.494 e. The van der Waals surface area contributed by atoms with E-state index >= 15 is 0 Å². The van der Waals surface area contributed by atoms with Crippen molar-refractivity contribution in [2.45, 2.75) is 25.3 Å². The van der Waals surface area contributed by atoms with Gasteiger partial charge in [-0.3, -0.25) is 9.89 Å². The maximum atomic E-state index is 13.3. The number of fused-ring (bicyclic) bond motifs is 4. The summed E-state index contributed by atoms with van der Waals surface area (Å²) in [6, 6.07) is 3.97. The maximum absolute atomic E-state index is 13.3. The molecule has 1 aromatic carbocycles. The van der Waals surface area contributed by atoms with Crippen LogP contribution >= 0.6 is 11.3 Å². The molecule has 1 fully saturated rings. The number of hydrogen-bond donors (Lipinski definition) is 3. The topological polar surface area (TPSA) is 125 Å². The number of aryl methyl sites for hydroxylation is 1. The van der Waals surface area contributed by atoms with Gasteiger partial charge in [0.05, 0.1) is 55.8 Å². The second-order valence-corrected chi connectivity index (χ2v) is 10.0. The van der Waals surface area contributed by atoms with E-state index in [0.29, 0.717) is 31.9 Å². The zero-order valence-corrected chi connectivity index (χ0v) is 20.1. The van der Waals surface area contributed by atoms with Gasteiger partial charge < -0.3 is 24.8 Å². The number of benzene rings is 1. The summed E-state index contributed by atoms with van der Waals surface area (Å²) in [6.07, 6.45) is 5.55. The number of hydrogen-bond acceptors (Lipinski definition) is 9. The lowest BCUT2D eigenvalue weighted by molar-refractivity contribution is -0.150. The van der Waals surface area contributed by atoms with Crippen molar-refractivity contribution < 1.29 is 19.4 Å². The monoisotopic (exact) mass is 494 g/mol. The molecule has 1 aliphatic heterocycles. The number of aromatic nitrogens is 4. The highest BCUT2D eigenvalue weighted by Gasteiger charge is 2.36. The van der Waals surface area contributed by atoms with Gasteiger partial charge in [-0.15, -0.1) is 11.3 Å². The van der Waals surface area contributed by atoms with Gasteiger partial charge in [-0.1, -0.05) is 0 Å². The molecule has 35 heavy (non-hydrogen) atoms. The average molecular weight is 495 g/mol. The highest BCUT2D eigenvalue weighted by Crippen LogP contribution is 2.42. The number of aliphatic hydroxyl groups excluding tert-OH is 1. The molecule has 2 aliphatic rings. The van der Waals surface area contributed by atoms with Crippen LogP contribution in [-0.2, 0) is 22.4 Å². The van der Waals surface area contributed by atoms with Crippen molar-refractivity contribution in [1.82, 2.24) is 25.1 Å². The molecule has 3 N–H and O–H groups in total. The lowest BCUT2D eigenvalue weighted by Crippen LogP contribution is -2.54. The minimum absolute atomic E-state index is 0.0399. The fourth-order valence-electron chi connectivity index (χ4n) is 5.00. The second-order valence-electron chi connectivity index (χ2n) is 8.93. The largest absolute Gasteiger partial charge is 0.494 e. The van der Waals surface area contributed by atoms with Crippen LogP contribution in [0.15, 0.2) is 24.7 Å². The second kappa shape index (κ2) is 9.06. The van der Waals surface area contributed by atoms with E-state index in [1.807, 2.05) is 12.1 Å². The van der Waals surface area contributed by atoms with Gasteiger partial charge in [-0.05, 0) is 30.9 Å². The van der Waals surface area contributed by atoms with Crippen molar-refractivity contribution in [1.29, 1.82) is 0 Å². The van der Waals surface area contributed by atoms with Crippen LogP contribution < -0.4 is 10.1 Å². The first kappa shape index (κ1) is 22.2. The first-order valence-corrected chi connectivity index (χ1v) is 12.5. The number of nitrogens with zero attached hydrogens (tertiary/aromatic N) is 4. The van der Waals surface area contributed by atoms with Crippen LogP contribution in [0.4, 0.5) is 11.5 Å². The Morgan fingerprint density at radius 1 is 1.37 bits per heavy atom. The van der Waals surface area contributed by atoms with Crippen LogP contribution in [0.1, 0.15) is 16.9 Å². The Bertz CT molecular complexity index is 1400. The lowest BCUT2D eigenvalue weighted by atomic mass is 9.86. The van der Waals surface area contributed by atoms with E-state index in [0.717, 1.165) is 45.5 Å². The smallest absolute Gasteiger partial charge is 0.226 e. The summed E-state index contributed by atoms with van der Waals surface area (Å²) in [6.45, 7) is 1.41. The van der Waals surface area contributed by atoms with Crippen molar-refractivity contribution in [2.24, 2.45) is 5.92 Å². The Balaban J connectivity index is 1.31. The van der Waals surface area contributed by atoms with E-state index in [9.17, 15) is 9.90 Å². The number of ether oxygens (including phenoxy) is 2. The Morgan fingerprint density at radius 2 is 2.26 bits per heavy atom. The van der Waals surface area contributed by atoms with Gasteiger partial charge in [0, 0.05) is 28.8 Å². The van der Waals surface area contributed by atoms with Gasteiger partial charge in [-0.2, -0.15) is 5.10 Å². The van der Waals surface area contributed by atoms with E-state index in [4.69, 9.17) is 9.47 Å². The summed E-state index contributed by atoms with van der Waals surface area (Å²) >= 11 is 1.63. The summed E-state index contributed by atoms with van der Waals surface area (Å²) in [5.41, 5.74) is 2.90. The highest BCUT2D eigenvalue weighted by atomic mass is 32.1. The van der Waals surface area contributed by atoms with Gasteiger partial charge >= 0.3 is 0 Å². The zero-order valence-electron chi connectivity index (χ0n) is 19.3. The number of anilines is 2. The van der Waals surface area contributed by atoms with Crippen molar-refractivity contribution >= 4 is 49.9 Å². The standard InChI is InChI=1S/C24H26N6O4S/c1-33-19-8-17-14(9-27-29-17)6-18(19)28-22-21-16-3-2-13(7-20(16)35-23(21)26-12-25-22)24(32)30(4-5-31)15-10-34-11-15/h6,8-9,12-13,15,31H,2-5,7,10-11H2,1H3,(H,27,29)(H,25,26,28). The molecule has 0 spiro atoms. The number of thiophene rings is 1. The lowest BCUT2D eigenvalue weighted by Gasteiger charge is -2.39. The number of aliphatic hydroxyl groups is 1. The number of H-pyrrole nitrogens is 1. The number of amides is 1. The molecule has 1 amide bonds. The fourth-order valence-corrected chi connectivity index (χ4v) is 6.27.